The number of hydrogen-bond acceptors (Lipinski definition) is 5. The average Bonchev–Trinajstić information content (AvgIpc) is 2.49. The van der Waals surface area contributed by atoms with E-state index in [0.717, 1.165) is 0 Å². The molecular weight excluding hydrogens is 158 g/mol. The maximum Gasteiger partial charge on any atom is 0.242 e. The van der Waals surface area contributed by atoms with Gasteiger partial charge < -0.3 is 5.73 Å². The van der Waals surface area contributed by atoms with Crippen LogP contribution in [0, 0.1) is 0 Å². The van der Waals surface area contributed by atoms with Crippen LogP contribution < -0.4 is 5.73 Å². The zero-order chi connectivity index (χ0) is 9.14. The van der Waals surface area contributed by atoms with Gasteiger partial charge in [0.2, 0.25) is 11.6 Å². The Morgan fingerprint density at radius 3 is 2.83 bits per heavy atom. The van der Waals surface area contributed by atoms with E-state index < -0.39 is 6.04 Å². The summed E-state index contributed by atoms with van der Waals surface area (Å²) in [5.74, 6) is -0.169. The van der Waals surface area contributed by atoms with Crippen LogP contribution in [0.25, 0.3) is 0 Å². The van der Waals surface area contributed by atoms with E-state index in [9.17, 15) is 4.79 Å². The van der Waals surface area contributed by atoms with E-state index in [0.29, 0.717) is 6.42 Å². The summed E-state index contributed by atoms with van der Waals surface area (Å²) in [7, 11) is 1.60. The maximum absolute atomic E-state index is 11.3. The molecule has 0 aliphatic rings. The molecule has 0 radical (unpaired) electrons. The summed E-state index contributed by atoms with van der Waals surface area (Å²) in [5.41, 5.74) is 5.49. The summed E-state index contributed by atoms with van der Waals surface area (Å²) in [6.45, 7) is 1.83. The number of carbonyl (C=O) groups excluding carboxylic acids is 1. The van der Waals surface area contributed by atoms with Crippen LogP contribution >= 0.6 is 0 Å². The number of carbonyl (C=O) groups is 1. The van der Waals surface area contributed by atoms with Crippen molar-refractivity contribution < 1.29 is 4.79 Å². The van der Waals surface area contributed by atoms with Crippen molar-refractivity contribution in [1.82, 2.24) is 20.2 Å². The fourth-order valence-corrected chi connectivity index (χ4v) is 0.734. The third kappa shape index (κ3) is 1.65. The molecule has 0 aromatic carbocycles. The van der Waals surface area contributed by atoms with Crippen molar-refractivity contribution in [2.75, 3.05) is 0 Å². The van der Waals surface area contributed by atoms with Gasteiger partial charge in [-0.1, -0.05) is 6.92 Å². The van der Waals surface area contributed by atoms with Crippen molar-refractivity contribution >= 4 is 5.78 Å². The highest BCUT2D eigenvalue weighted by Crippen LogP contribution is 1.95. The molecule has 0 bridgehead atoms. The standard InChI is InChI=1S/C6H11N5O/c1-3-4(7)5(12)6-8-10-11(2)9-6/h4H,3,7H2,1-2H3. The number of nitrogens with two attached hydrogens (primary N) is 1. The van der Waals surface area contributed by atoms with E-state index in [1.165, 1.54) is 4.80 Å². The molecule has 1 rings (SSSR count). The summed E-state index contributed by atoms with van der Waals surface area (Å²) in [6, 6.07) is -0.519. The normalized spacial score (nSPS) is 12.9. The van der Waals surface area contributed by atoms with E-state index in [4.69, 9.17) is 5.73 Å². The quantitative estimate of drug-likeness (QED) is 0.594. The summed E-state index contributed by atoms with van der Waals surface area (Å²) in [5, 5.41) is 10.8. The highest BCUT2D eigenvalue weighted by atomic mass is 16.1. The van der Waals surface area contributed by atoms with E-state index >= 15 is 0 Å². The second kappa shape index (κ2) is 3.40. The number of aromatic nitrogens is 4. The lowest BCUT2D eigenvalue weighted by atomic mass is 10.1. The molecule has 0 amide bonds. The molecule has 6 nitrogen and oxygen atoms in total. The highest BCUT2D eigenvalue weighted by Gasteiger charge is 2.18. The van der Waals surface area contributed by atoms with Crippen LogP contribution in [0.1, 0.15) is 24.0 Å². The van der Waals surface area contributed by atoms with Gasteiger partial charge >= 0.3 is 0 Å². The van der Waals surface area contributed by atoms with Crippen LogP contribution in [0.5, 0.6) is 0 Å². The second-order valence-corrected chi connectivity index (χ2v) is 2.48. The first-order chi connectivity index (χ1) is 5.65. The molecule has 1 atom stereocenters. The van der Waals surface area contributed by atoms with Crippen molar-refractivity contribution in [3.05, 3.63) is 5.82 Å². The summed E-state index contributed by atoms with van der Waals surface area (Å²) >= 11 is 0. The second-order valence-electron chi connectivity index (χ2n) is 2.48. The smallest absolute Gasteiger partial charge is 0.242 e. The minimum atomic E-state index is -0.519. The number of nitrogens with zero attached hydrogens (tertiary/aromatic N) is 4. The molecule has 0 saturated carbocycles. The Bertz CT molecular complexity index is 281. The van der Waals surface area contributed by atoms with Crippen molar-refractivity contribution in [1.29, 1.82) is 0 Å². The largest absolute Gasteiger partial charge is 0.321 e. The molecule has 2 N–H and O–H groups in total. The van der Waals surface area contributed by atoms with Crippen LogP contribution in [0.3, 0.4) is 0 Å². The van der Waals surface area contributed by atoms with Crippen LogP contribution in [0.15, 0.2) is 0 Å². The fourth-order valence-electron chi connectivity index (χ4n) is 0.734. The SMILES string of the molecule is CCC(N)C(=O)c1nnn(C)n1. The van der Waals surface area contributed by atoms with Gasteiger partial charge in [-0.2, -0.15) is 4.80 Å². The van der Waals surface area contributed by atoms with Crippen molar-refractivity contribution in [2.45, 2.75) is 19.4 Å². The molecule has 12 heavy (non-hydrogen) atoms. The minimum Gasteiger partial charge on any atom is -0.321 e. The first-order valence-corrected chi connectivity index (χ1v) is 3.69. The van der Waals surface area contributed by atoms with Gasteiger partial charge in [0.25, 0.3) is 0 Å². The van der Waals surface area contributed by atoms with E-state index in [1.807, 2.05) is 6.92 Å². The third-order valence-corrected chi connectivity index (χ3v) is 1.51. The minimum absolute atomic E-state index is 0.0897. The summed E-state index contributed by atoms with van der Waals surface area (Å²) in [4.78, 5) is 12.5. The lowest BCUT2D eigenvalue weighted by Crippen LogP contribution is -2.30. The maximum atomic E-state index is 11.3. The molecular formula is C6H11N5O. The molecule has 6 heteroatoms. The highest BCUT2D eigenvalue weighted by molar-refractivity contribution is 5.96. The first-order valence-electron chi connectivity index (χ1n) is 3.69. The van der Waals surface area contributed by atoms with E-state index in [1.54, 1.807) is 7.05 Å². The predicted molar refractivity (Wildman–Crippen MR) is 41.4 cm³/mol. The Morgan fingerprint density at radius 1 is 1.75 bits per heavy atom. The zero-order valence-corrected chi connectivity index (χ0v) is 7.06. The molecule has 0 aliphatic heterocycles. The van der Waals surface area contributed by atoms with E-state index in [2.05, 4.69) is 15.4 Å². The summed E-state index contributed by atoms with van der Waals surface area (Å²) in [6.07, 6.45) is 0.580. The Hall–Kier alpha value is -1.30. The monoisotopic (exact) mass is 169 g/mol. The molecule has 0 saturated heterocycles. The molecule has 0 fully saturated rings. The van der Waals surface area contributed by atoms with Crippen molar-refractivity contribution in [2.24, 2.45) is 12.8 Å². The van der Waals surface area contributed by atoms with Gasteiger partial charge in [-0.15, -0.1) is 10.2 Å². The number of aryl methyl sites for hydroxylation is 1. The number of hydrogen-bond donors (Lipinski definition) is 1. The molecule has 1 aromatic heterocycles. The number of ketones is 1. The Labute approximate surface area is 69.7 Å². The van der Waals surface area contributed by atoms with Gasteiger partial charge in [-0.25, -0.2) is 0 Å². The Kier molecular flexibility index (Phi) is 2.49. The molecule has 0 aliphatic carbocycles. The van der Waals surface area contributed by atoms with Gasteiger partial charge in [0.05, 0.1) is 13.1 Å². The Morgan fingerprint density at radius 2 is 2.42 bits per heavy atom. The van der Waals surface area contributed by atoms with Crippen molar-refractivity contribution in [3.8, 4) is 0 Å². The van der Waals surface area contributed by atoms with Crippen LogP contribution in [-0.4, -0.2) is 32.0 Å². The number of rotatable bonds is 3. The zero-order valence-electron chi connectivity index (χ0n) is 7.06. The van der Waals surface area contributed by atoms with Crippen molar-refractivity contribution in [3.63, 3.8) is 0 Å². The van der Waals surface area contributed by atoms with Crippen LogP contribution in [-0.2, 0) is 7.05 Å². The molecule has 0 spiro atoms. The predicted octanol–water partition coefficient (Wildman–Crippen LogP) is -0.870. The number of Topliss-reactive ketones (excluding diaryl/α,β-unsaturated/α-hetero) is 1. The lowest BCUT2D eigenvalue weighted by molar-refractivity contribution is 0.0949. The Balaban J connectivity index is 2.78. The average molecular weight is 169 g/mol. The molecule has 1 aromatic rings. The molecule has 66 valence electrons. The van der Waals surface area contributed by atoms with Gasteiger partial charge in [-0.3, -0.25) is 4.79 Å². The fraction of sp³-hybridized carbons (Fsp3) is 0.667. The molecule has 1 unspecified atom stereocenters. The van der Waals surface area contributed by atoms with Gasteiger partial charge in [-0.05, 0) is 11.6 Å². The van der Waals surface area contributed by atoms with Crippen LogP contribution in [0.4, 0.5) is 0 Å². The first kappa shape index (κ1) is 8.79. The number of tetrazole rings is 1. The lowest BCUT2D eigenvalue weighted by Gasteiger charge is -2.01. The topological polar surface area (TPSA) is 86.7 Å². The van der Waals surface area contributed by atoms with Gasteiger partial charge in [0.15, 0.2) is 0 Å². The van der Waals surface area contributed by atoms with Crippen LogP contribution in [0.2, 0.25) is 0 Å². The van der Waals surface area contributed by atoms with E-state index in [-0.39, 0.29) is 11.6 Å². The molecule has 1 heterocycles. The van der Waals surface area contributed by atoms with Gasteiger partial charge in [0.1, 0.15) is 0 Å². The third-order valence-electron chi connectivity index (χ3n) is 1.51. The summed E-state index contributed by atoms with van der Waals surface area (Å²) < 4.78 is 0. The van der Waals surface area contributed by atoms with Gasteiger partial charge in [0, 0.05) is 0 Å².